The molecule has 0 saturated heterocycles. The highest BCUT2D eigenvalue weighted by Gasteiger charge is 2.20. The lowest BCUT2D eigenvalue weighted by Gasteiger charge is -2.12. The van der Waals surface area contributed by atoms with Gasteiger partial charge in [0.05, 0.1) is 17.1 Å². The first-order chi connectivity index (χ1) is 14.7. The molecular weight excluding hydrogens is 377 g/mol. The summed E-state index contributed by atoms with van der Waals surface area (Å²) in [7, 11) is 0. The van der Waals surface area contributed by atoms with Crippen LogP contribution in [-0.4, -0.2) is 25.4 Å². The van der Waals surface area contributed by atoms with Crippen molar-refractivity contribution in [3.63, 3.8) is 0 Å². The fourth-order valence-corrected chi connectivity index (χ4v) is 4.17. The maximum atomic E-state index is 13.5. The van der Waals surface area contributed by atoms with Crippen LogP contribution in [0.15, 0.2) is 54.9 Å². The molecule has 30 heavy (non-hydrogen) atoms. The summed E-state index contributed by atoms with van der Waals surface area (Å²) in [6, 6.07) is 13.0. The normalized spacial score (nSPS) is 14.5. The summed E-state index contributed by atoms with van der Waals surface area (Å²) in [5.74, 6) is 0.381. The molecule has 1 saturated carbocycles. The first-order valence-corrected chi connectivity index (χ1v) is 10.6. The molecule has 0 atom stereocenters. The van der Waals surface area contributed by atoms with Crippen LogP contribution in [0.5, 0.6) is 0 Å². The average molecular weight is 401 g/mol. The minimum Gasteiger partial charge on any atom is -0.351 e. The van der Waals surface area contributed by atoms with Crippen LogP contribution >= 0.6 is 0 Å². The van der Waals surface area contributed by atoms with Gasteiger partial charge >= 0.3 is 0 Å². The number of rotatable bonds is 5. The maximum Gasteiger partial charge on any atom is 0.223 e. The molecule has 1 N–H and O–H groups in total. The van der Waals surface area contributed by atoms with E-state index >= 15 is 0 Å². The van der Waals surface area contributed by atoms with Crippen molar-refractivity contribution in [1.29, 1.82) is 0 Å². The molecule has 1 aromatic carbocycles. The summed E-state index contributed by atoms with van der Waals surface area (Å²) in [6.45, 7) is 2.13. The van der Waals surface area contributed by atoms with Crippen LogP contribution < -0.4 is 5.32 Å². The summed E-state index contributed by atoms with van der Waals surface area (Å²) >= 11 is 0. The lowest BCUT2D eigenvalue weighted by molar-refractivity contribution is 0.628. The van der Waals surface area contributed by atoms with Crippen molar-refractivity contribution >= 4 is 11.6 Å². The first-order valence-electron chi connectivity index (χ1n) is 10.6. The van der Waals surface area contributed by atoms with Crippen LogP contribution in [-0.2, 0) is 6.42 Å². The summed E-state index contributed by atoms with van der Waals surface area (Å²) < 4.78 is 15.6. The Bertz CT molecular complexity index is 1180. The predicted octanol–water partition coefficient (Wildman–Crippen LogP) is 5.51. The zero-order chi connectivity index (χ0) is 20.5. The zero-order valence-corrected chi connectivity index (χ0v) is 17.0. The third-order valence-corrected chi connectivity index (χ3v) is 5.80. The Morgan fingerprint density at radius 2 is 1.87 bits per heavy atom. The maximum absolute atomic E-state index is 13.5. The predicted molar refractivity (Wildman–Crippen MR) is 117 cm³/mol. The van der Waals surface area contributed by atoms with Gasteiger partial charge in [0.25, 0.3) is 0 Å². The number of hydrogen-bond acceptors (Lipinski definition) is 4. The molecule has 0 aliphatic heterocycles. The van der Waals surface area contributed by atoms with Gasteiger partial charge < -0.3 is 5.32 Å². The van der Waals surface area contributed by atoms with E-state index in [0.29, 0.717) is 12.0 Å². The first kappa shape index (κ1) is 18.7. The van der Waals surface area contributed by atoms with E-state index in [-0.39, 0.29) is 5.82 Å². The van der Waals surface area contributed by atoms with E-state index in [2.05, 4.69) is 33.8 Å². The Hall–Kier alpha value is -3.28. The van der Waals surface area contributed by atoms with Crippen molar-refractivity contribution in [1.82, 2.24) is 19.4 Å². The van der Waals surface area contributed by atoms with Crippen molar-refractivity contribution in [2.75, 3.05) is 5.32 Å². The van der Waals surface area contributed by atoms with Gasteiger partial charge in [0.15, 0.2) is 0 Å². The molecular formula is C24H24FN5. The summed E-state index contributed by atoms with van der Waals surface area (Å²) in [4.78, 5) is 14.1. The number of halogens is 1. The molecule has 0 unspecified atom stereocenters. The highest BCUT2D eigenvalue weighted by atomic mass is 19.1. The van der Waals surface area contributed by atoms with Gasteiger partial charge in [-0.1, -0.05) is 19.8 Å². The Balaban J connectivity index is 1.65. The van der Waals surface area contributed by atoms with Gasteiger partial charge in [-0.25, -0.2) is 19.3 Å². The van der Waals surface area contributed by atoms with Crippen LogP contribution in [0, 0.1) is 5.82 Å². The molecule has 3 aromatic heterocycles. The van der Waals surface area contributed by atoms with Crippen LogP contribution in [0.2, 0.25) is 0 Å². The number of pyridine rings is 1. The minimum atomic E-state index is -0.262. The Morgan fingerprint density at radius 3 is 2.63 bits per heavy atom. The minimum absolute atomic E-state index is 0.262. The number of hydrogen-bond donors (Lipinski definition) is 1. The van der Waals surface area contributed by atoms with E-state index < -0.39 is 0 Å². The molecule has 0 spiro atoms. The van der Waals surface area contributed by atoms with Crippen LogP contribution in [0.25, 0.3) is 28.3 Å². The largest absolute Gasteiger partial charge is 0.351 e. The number of aromatic nitrogens is 4. The average Bonchev–Trinajstić information content (AvgIpc) is 3.41. The fraction of sp³-hybridized carbons (Fsp3) is 0.292. The SMILES string of the molecule is CCc1ccn2c(-c3ccnc(NC4CCCC4)n3)c(-c3ccc(F)cc3)nc2c1. The van der Waals surface area contributed by atoms with Crippen LogP contribution in [0.1, 0.15) is 38.2 Å². The molecule has 3 heterocycles. The van der Waals surface area contributed by atoms with Crippen molar-refractivity contribution in [2.45, 2.75) is 45.1 Å². The van der Waals surface area contributed by atoms with Gasteiger partial charge in [-0.2, -0.15) is 0 Å². The van der Waals surface area contributed by atoms with E-state index in [1.165, 1.54) is 30.5 Å². The molecule has 5 nitrogen and oxygen atoms in total. The van der Waals surface area contributed by atoms with Gasteiger partial charge in [-0.15, -0.1) is 0 Å². The smallest absolute Gasteiger partial charge is 0.223 e. The Labute approximate surface area is 175 Å². The number of nitrogens with one attached hydrogen (secondary N) is 1. The number of imidazole rings is 1. The van der Waals surface area contributed by atoms with Gasteiger partial charge in [0.2, 0.25) is 5.95 Å². The summed E-state index contributed by atoms with van der Waals surface area (Å²) in [6.07, 6.45) is 9.57. The fourth-order valence-electron chi connectivity index (χ4n) is 4.17. The molecule has 6 heteroatoms. The molecule has 4 aromatic rings. The second kappa shape index (κ2) is 7.86. The number of fused-ring (bicyclic) bond motifs is 1. The molecule has 0 bridgehead atoms. The van der Waals surface area contributed by atoms with E-state index in [1.807, 2.05) is 12.3 Å². The monoisotopic (exact) mass is 401 g/mol. The molecule has 5 rings (SSSR count). The van der Waals surface area contributed by atoms with E-state index in [9.17, 15) is 4.39 Å². The zero-order valence-electron chi connectivity index (χ0n) is 17.0. The molecule has 0 radical (unpaired) electrons. The molecule has 152 valence electrons. The number of benzene rings is 1. The number of anilines is 1. The van der Waals surface area contributed by atoms with Crippen molar-refractivity contribution in [2.24, 2.45) is 0 Å². The van der Waals surface area contributed by atoms with E-state index in [0.717, 1.165) is 47.6 Å². The number of aryl methyl sites for hydroxylation is 1. The lowest BCUT2D eigenvalue weighted by atomic mass is 10.1. The standard InChI is InChI=1S/C24H24FN5/c1-2-16-12-14-30-21(15-16)29-22(17-7-9-18(25)10-8-17)23(30)20-11-13-26-24(28-20)27-19-5-3-4-6-19/h7-15,19H,2-6H2,1H3,(H,26,27,28). The molecule has 0 amide bonds. The molecule has 1 fully saturated rings. The Morgan fingerprint density at radius 1 is 1.07 bits per heavy atom. The lowest BCUT2D eigenvalue weighted by Crippen LogP contribution is -2.16. The van der Waals surface area contributed by atoms with Gasteiger partial charge in [0.1, 0.15) is 11.5 Å². The van der Waals surface area contributed by atoms with E-state index in [1.54, 1.807) is 18.3 Å². The van der Waals surface area contributed by atoms with Gasteiger partial charge in [-0.3, -0.25) is 4.40 Å². The highest BCUT2D eigenvalue weighted by molar-refractivity contribution is 5.80. The van der Waals surface area contributed by atoms with Crippen LogP contribution in [0.4, 0.5) is 10.3 Å². The quantitative estimate of drug-likeness (QED) is 0.479. The van der Waals surface area contributed by atoms with Crippen LogP contribution in [0.3, 0.4) is 0 Å². The Kier molecular flexibility index (Phi) is 4.91. The number of nitrogens with zero attached hydrogens (tertiary/aromatic N) is 4. The van der Waals surface area contributed by atoms with E-state index in [4.69, 9.17) is 9.97 Å². The van der Waals surface area contributed by atoms with Crippen molar-refractivity contribution in [3.8, 4) is 22.6 Å². The van der Waals surface area contributed by atoms with Crippen molar-refractivity contribution in [3.05, 3.63) is 66.2 Å². The van der Waals surface area contributed by atoms with Crippen molar-refractivity contribution < 1.29 is 4.39 Å². The molecule has 1 aliphatic rings. The topological polar surface area (TPSA) is 55.1 Å². The highest BCUT2D eigenvalue weighted by Crippen LogP contribution is 2.33. The second-order valence-corrected chi connectivity index (χ2v) is 7.82. The molecule has 1 aliphatic carbocycles. The van der Waals surface area contributed by atoms with Gasteiger partial charge in [0, 0.05) is 24.0 Å². The summed E-state index contributed by atoms with van der Waals surface area (Å²) in [5, 5.41) is 3.47. The third-order valence-electron chi connectivity index (χ3n) is 5.80. The van der Waals surface area contributed by atoms with Gasteiger partial charge in [-0.05, 0) is 67.3 Å². The second-order valence-electron chi connectivity index (χ2n) is 7.82. The third kappa shape index (κ3) is 3.54. The summed E-state index contributed by atoms with van der Waals surface area (Å²) in [5.41, 5.74) is 5.40.